The third-order valence-corrected chi connectivity index (χ3v) is 2.21. The molecule has 0 bridgehead atoms. The van der Waals surface area contributed by atoms with Crippen LogP contribution in [0.25, 0.3) is 0 Å². The Morgan fingerprint density at radius 1 is 1.36 bits per heavy atom. The Labute approximate surface area is 79.2 Å². The molecule has 1 fully saturated rings. The van der Waals surface area contributed by atoms with Crippen molar-refractivity contribution in [3.05, 3.63) is 0 Å². The molecule has 1 heterocycles. The molecule has 0 spiro atoms. The van der Waals surface area contributed by atoms with Gasteiger partial charge in [0.2, 0.25) is 0 Å². The third-order valence-electron chi connectivity index (χ3n) is 2.21. The van der Waals surface area contributed by atoms with Crippen LogP contribution in [0.2, 0.25) is 0 Å². The van der Waals surface area contributed by atoms with Gasteiger partial charge in [-0.2, -0.15) is 0 Å². The zero-order valence-corrected chi connectivity index (χ0v) is 7.20. The van der Waals surface area contributed by atoms with Gasteiger partial charge in [0.1, 0.15) is 0 Å². The predicted molar refractivity (Wildman–Crippen MR) is 44.5 cm³/mol. The zero-order valence-electron chi connectivity index (χ0n) is 7.20. The van der Waals surface area contributed by atoms with Crippen molar-refractivity contribution in [1.82, 2.24) is 4.90 Å². The summed E-state index contributed by atoms with van der Waals surface area (Å²) in [6, 6.07) is 0. The quantitative estimate of drug-likeness (QED) is 0.325. The van der Waals surface area contributed by atoms with Crippen molar-refractivity contribution in [1.29, 1.82) is 0 Å². The summed E-state index contributed by atoms with van der Waals surface area (Å²) in [5, 5.41) is 28.4. The van der Waals surface area contributed by atoms with E-state index < -0.39 is 23.9 Å². The van der Waals surface area contributed by atoms with Gasteiger partial charge in [0.25, 0.3) is 0 Å². The lowest BCUT2D eigenvalue weighted by Gasteiger charge is -2.09. The highest BCUT2D eigenvalue weighted by Crippen LogP contribution is 2.22. The molecule has 3 N–H and O–H groups in total. The van der Waals surface area contributed by atoms with Gasteiger partial charge >= 0.3 is 12.1 Å². The van der Waals surface area contributed by atoms with Crippen LogP contribution in [0.3, 0.4) is 0 Å². The summed E-state index contributed by atoms with van der Waals surface area (Å²) in [5.74, 6) is -2.48. The maximum Gasteiger partial charge on any atom is 0.407 e. The van der Waals surface area contributed by atoms with E-state index >= 15 is 0 Å². The molecule has 7 heteroatoms. The second-order valence-corrected chi connectivity index (χ2v) is 3.06. The molecular weight excluding hydrogens is 192 g/mol. The Balaban J connectivity index is 2.74. The van der Waals surface area contributed by atoms with Crippen LogP contribution in [0.4, 0.5) is 4.79 Å². The molecule has 14 heavy (non-hydrogen) atoms. The summed E-state index contributed by atoms with van der Waals surface area (Å²) >= 11 is 0. The molecule has 1 amide bonds. The molecule has 0 unspecified atom stereocenters. The second-order valence-electron chi connectivity index (χ2n) is 3.06. The van der Waals surface area contributed by atoms with Gasteiger partial charge < -0.3 is 20.3 Å². The van der Waals surface area contributed by atoms with E-state index in [2.05, 4.69) is 5.16 Å². The van der Waals surface area contributed by atoms with Crippen molar-refractivity contribution >= 4 is 18.3 Å². The van der Waals surface area contributed by atoms with Gasteiger partial charge in [-0.15, -0.1) is 5.16 Å². The first-order chi connectivity index (χ1) is 6.56. The van der Waals surface area contributed by atoms with E-state index in [4.69, 9.17) is 15.4 Å². The fourth-order valence-corrected chi connectivity index (χ4v) is 1.48. The Morgan fingerprint density at radius 2 is 2.00 bits per heavy atom. The zero-order chi connectivity index (χ0) is 10.7. The normalized spacial score (nSPS) is 27.0. The SMILES string of the molecule is O=C(O)[C@H]1CN(C(=O)O)C[C@@H]1C=NO. The van der Waals surface area contributed by atoms with Gasteiger partial charge in [0.05, 0.1) is 5.92 Å². The lowest BCUT2D eigenvalue weighted by molar-refractivity contribution is -0.141. The molecule has 0 radical (unpaired) electrons. The van der Waals surface area contributed by atoms with Crippen LogP contribution in [0.15, 0.2) is 5.16 Å². The summed E-state index contributed by atoms with van der Waals surface area (Å²) in [6.07, 6.45) is -0.105. The minimum atomic E-state index is -1.16. The summed E-state index contributed by atoms with van der Waals surface area (Å²) < 4.78 is 0. The van der Waals surface area contributed by atoms with Gasteiger partial charge in [-0.1, -0.05) is 0 Å². The monoisotopic (exact) mass is 202 g/mol. The van der Waals surface area contributed by atoms with Crippen LogP contribution < -0.4 is 0 Å². The highest BCUT2D eigenvalue weighted by Gasteiger charge is 2.38. The summed E-state index contributed by atoms with van der Waals surface area (Å²) in [7, 11) is 0. The summed E-state index contributed by atoms with van der Waals surface area (Å²) in [5.41, 5.74) is 0. The van der Waals surface area contributed by atoms with E-state index in [0.29, 0.717) is 0 Å². The average Bonchev–Trinajstić information content (AvgIpc) is 2.49. The lowest BCUT2D eigenvalue weighted by Crippen LogP contribution is -2.28. The van der Waals surface area contributed by atoms with Crippen molar-refractivity contribution in [2.45, 2.75) is 0 Å². The molecule has 2 atom stereocenters. The number of rotatable bonds is 2. The summed E-state index contributed by atoms with van der Waals surface area (Å²) in [6.45, 7) is -0.0162. The van der Waals surface area contributed by atoms with Gasteiger partial charge in [-0.25, -0.2) is 4.79 Å². The number of amides is 1. The fourth-order valence-electron chi connectivity index (χ4n) is 1.48. The van der Waals surface area contributed by atoms with E-state index in [-0.39, 0.29) is 13.1 Å². The second kappa shape index (κ2) is 3.95. The first kappa shape index (κ1) is 10.3. The van der Waals surface area contributed by atoms with Gasteiger partial charge in [0.15, 0.2) is 0 Å². The molecule has 0 aromatic rings. The number of likely N-dealkylation sites (tertiary alicyclic amines) is 1. The van der Waals surface area contributed by atoms with Crippen molar-refractivity contribution < 1.29 is 25.0 Å². The molecule has 1 rings (SSSR count). The molecular formula is C7H10N2O5. The Bertz CT molecular complexity index is 277. The van der Waals surface area contributed by atoms with Gasteiger partial charge in [0, 0.05) is 25.2 Å². The van der Waals surface area contributed by atoms with Crippen molar-refractivity contribution in [3.8, 4) is 0 Å². The molecule has 0 aromatic heterocycles. The number of carboxylic acid groups (broad SMARTS) is 2. The minimum Gasteiger partial charge on any atom is -0.481 e. The molecule has 1 aliphatic rings. The van der Waals surface area contributed by atoms with E-state index in [1.165, 1.54) is 0 Å². The van der Waals surface area contributed by atoms with Gasteiger partial charge in [-0.3, -0.25) is 4.79 Å². The fraction of sp³-hybridized carbons (Fsp3) is 0.571. The molecule has 0 aliphatic carbocycles. The molecule has 78 valence electrons. The number of nitrogens with zero attached hydrogens (tertiary/aromatic N) is 2. The highest BCUT2D eigenvalue weighted by molar-refractivity contribution is 5.79. The standard InChI is InChI=1S/C7H10N2O5/c10-6(11)5-3-9(7(12)13)2-4(5)1-8-14/h1,4-5,14H,2-3H2,(H,10,11)(H,12,13)/t4-,5-/m0/s1. The lowest BCUT2D eigenvalue weighted by atomic mass is 9.98. The maximum absolute atomic E-state index is 10.7. The van der Waals surface area contributed by atoms with Crippen molar-refractivity contribution in [2.24, 2.45) is 17.0 Å². The molecule has 1 aliphatic heterocycles. The number of carboxylic acids is 1. The van der Waals surface area contributed by atoms with Crippen LogP contribution >= 0.6 is 0 Å². The largest absolute Gasteiger partial charge is 0.481 e. The molecule has 7 nitrogen and oxygen atoms in total. The van der Waals surface area contributed by atoms with E-state index in [9.17, 15) is 9.59 Å². The smallest absolute Gasteiger partial charge is 0.407 e. The summed E-state index contributed by atoms with van der Waals surface area (Å²) in [4.78, 5) is 22.2. The molecule has 0 aromatic carbocycles. The van der Waals surface area contributed by atoms with Crippen LogP contribution in [0.5, 0.6) is 0 Å². The number of aliphatic carboxylic acids is 1. The number of hydrogen-bond donors (Lipinski definition) is 3. The van der Waals surface area contributed by atoms with Crippen LogP contribution in [-0.2, 0) is 4.79 Å². The van der Waals surface area contributed by atoms with E-state index in [1.807, 2.05) is 0 Å². The highest BCUT2D eigenvalue weighted by atomic mass is 16.4. The Hall–Kier alpha value is -1.79. The van der Waals surface area contributed by atoms with Crippen LogP contribution in [-0.4, -0.2) is 51.7 Å². The Kier molecular flexibility index (Phi) is 2.90. The van der Waals surface area contributed by atoms with E-state index in [1.54, 1.807) is 0 Å². The van der Waals surface area contributed by atoms with Crippen LogP contribution in [0.1, 0.15) is 0 Å². The first-order valence-corrected chi connectivity index (χ1v) is 3.94. The van der Waals surface area contributed by atoms with Crippen LogP contribution in [0, 0.1) is 11.8 Å². The maximum atomic E-state index is 10.7. The molecule has 1 saturated heterocycles. The number of oxime groups is 1. The van der Waals surface area contributed by atoms with Crippen molar-refractivity contribution in [2.75, 3.05) is 13.1 Å². The number of hydrogen-bond acceptors (Lipinski definition) is 4. The average molecular weight is 202 g/mol. The third kappa shape index (κ3) is 1.93. The number of carbonyl (C=O) groups is 2. The van der Waals surface area contributed by atoms with Crippen molar-refractivity contribution in [3.63, 3.8) is 0 Å². The molecule has 0 saturated carbocycles. The van der Waals surface area contributed by atoms with E-state index in [0.717, 1.165) is 11.1 Å². The topological polar surface area (TPSA) is 110 Å². The first-order valence-electron chi connectivity index (χ1n) is 3.94. The Morgan fingerprint density at radius 3 is 2.43 bits per heavy atom. The van der Waals surface area contributed by atoms with Gasteiger partial charge in [-0.05, 0) is 0 Å². The minimum absolute atomic E-state index is 0.0519. The predicted octanol–water partition coefficient (Wildman–Crippen LogP) is -0.243.